The number of benzene rings is 1. The number of urea groups is 1. The number of carboxylic acid groups (broad SMARTS) is 1. The number of halogens is 1. The number of nitrogens with one attached hydrogen (secondary N) is 1. The highest BCUT2D eigenvalue weighted by atomic mass is 35.5. The van der Waals surface area contributed by atoms with Gasteiger partial charge in [0.25, 0.3) is 5.91 Å². The second kappa shape index (κ2) is 6.87. The van der Waals surface area contributed by atoms with E-state index in [-0.39, 0.29) is 30.9 Å². The van der Waals surface area contributed by atoms with E-state index in [2.05, 4.69) is 5.32 Å². The summed E-state index contributed by atoms with van der Waals surface area (Å²) in [6.45, 7) is 1.94. The Balaban J connectivity index is 0.00000192. The van der Waals surface area contributed by atoms with Crippen molar-refractivity contribution < 1.29 is 19.5 Å². The molecular weight excluding hydrogens is 322 g/mol. The SMILES string of the molecule is Cl.O=C(O)C1CCN(C(=O)c2ccc(N3CCNC3=O)cc2)C1. The van der Waals surface area contributed by atoms with Gasteiger partial charge in [-0.3, -0.25) is 14.5 Å². The Kier molecular flexibility index (Phi) is 5.10. The van der Waals surface area contributed by atoms with Crippen molar-refractivity contribution in [1.82, 2.24) is 10.2 Å². The van der Waals surface area contributed by atoms with Crippen molar-refractivity contribution in [2.45, 2.75) is 6.42 Å². The smallest absolute Gasteiger partial charge is 0.321 e. The van der Waals surface area contributed by atoms with E-state index < -0.39 is 11.9 Å². The number of rotatable bonds is 3. The zero-order valence-corrected chi connectivity index (χ0v) is 13.2. The van der Waals surface area contributed by atoms with E-state index in [1.165, 1.54) is 0 Å². The molecule has 7 nitrogen and oxygen atoms in total. The molecule has 0 saturated carbocycles. The van der Waals surface area contributed by atoms with Gasteiger partial charge >= 0.3 is 12.0 Å². The van der Waals surface area contributed by atoms with Gasteiger partial charge < -0.3 is 15.3 Å². The van der Waals surface area contributed by atoms with Gasteiger partial charge in [0.15, 0.2) is 0 Å². The number of hydrogen-bond donors (Lipinski definition) is 2. The molecule has 2 saturated heterocycles. The minimum absolute atomic E-state index is 0. The van der Waals surface area contributed by atoms with Crippen molar-refractivity contribution >= 4 is 36.0 Å². The highest BCUT2D eigenvalue weighted by molar-refractivity contribution is 5.97. The number of amides is 3. The summed E-state index contributed by atoms with van der Waals surface area (Å²) in [5.74, 6) is -1.50. The van der Waals surface area contributed by atoms with Crippen molar-refractivity contribution in [3.8, 4) is 0 Å². The molecule has 0 radical (unpaired) electrons. The van der Waals surface area contributed by atoms with Gasteiger partial charge in [-0.2, -0.15) is 0 Å². The van der Waals surface area contributed by atoms with Crippen LogP contribution in [0.1, 0.15) is 16.8 Å². The van der Waals surface area contributed by atoms with Crippen LogP contribution in [0.4, 0.5) is 10.5 Å². The number of carbonyl (C=O) groups is 3. The zero-order chi connectivity index (χ0) is 15.7. The Labute approximate surface area is 139 Å². The zero-order valence-electron chi connectivity index (χ0n) is 12.4. The summed E-state index contributed by atoms with van der Waals surface area (Å²) in [5, 5.41) is 11.7. The number of carbonyl (C=O) groups excluding carboxylic acids is 2. The third-order valence-electron chi connectivity index (χ3n) is 4.11. The van der Waals surface area contributed by atoms with E-state index >= 15 is 0 Å². The van der Waals surface area contributed by atoms with E-state index in [9.17, 15) is 14.4 Å². The van der Waals surface area contributed by atoms with E-state index in [4.69, 9.17) is 5.11 Å². The number of aliphatic carboxylic acids is 1. The molecule has 0 bridgehead atoms. The second-order valence-corrected chi connectivity index (χ2v) is 5.51. The van der Waals surface area contributed by atoms with Gasteiger partial charge in [0.05, 0.1) is 5.92 Å². The number of anilines is 1. The summed E-state index contributed by atoms with van der Waals surface area (Å²) in [5.41, 5.74) is 1.26. The minimum atomic E-state index is -0.856. The molecule has 124 valence electrons. The average molecular weight is 340 g/mol. The van der Waals surface area contributed by atoms with Gasteiger partial charge in [0.1, 0.15) is 0 Å². The molecule has 0 aromatic heterocycles. The van der Waals surface area contributed by atoms with Crippen LogP contribution < -0.4 is 10.2 Å². The summed E-state index contributed by atoms with van der Waals surface area (Å²) >= 11 is 0. The maximum atomic E-state index is 12.4. The highest BCUT2D eigenvalue weighted by Crippen LogP contribution is 2.21. The summed E-state index contributed by atoms with van der Waals surface area (Å²) in [7, 11) is 0. The molecule has 2 fully saturated rings. The summed E-state index contributed by atoms with van der Waals surface area (Å²) in [6.07, 6.45) is 0.493. The lowest BCUT2D eigenvalue weighted by Gasteiger charge is -2.17. The van der Waals surface area contributed by atoms with Gasteiger partial charge in [0, 0.05) is 37.4 Å². The van der Waals surface area contributed by atoms with E-state index in [1.54, 1.807) is 34.1 Å². The fourth-order valence-electron chi connectivity index (χ4n) is 2.83. The summed E-state index contributed by atoms with van der Waals surface area (Å²) in [6, 6.07) is 6.70. The first-order chi connectivity index (χ1) is 10.6. The van der Waals surface area contributed by atoms with Crippen LogP contribution in [0.25, 0.3) is 0 Å². The lowest BCUT2D eigenvalue weighted by Crippen LogP contribution is -2.30. The van der Waals surface area contributed by atoms with Crippen LogP contribution in [-0.2, 0) is 4.79 Å². The third-order valence-corrected chi connectivity index (χ3v) is 4.11. The van der Waals surface area contributed by atoms with Crippen LogP contribution in [0, 0.1) is 5.92 Å². The third kappa shape index (κ3) is 3.39. The topological polar surface area (TPSA) is 89.9 Å². The predicted molar refractivity (Wildman–Crippen MR) is 86.1 cm³/mol. The molecule has 2 aliphatic rings. The van der Waals surface area contributed by atoms with Crippen LogP contribution in [0.5, 0.6) is 0 Å². The van der Waals surface area contributed by atoms with Crippen molar-refractivity contribution in [1.29, 1.82) is 0 Å². The standard InChI is InChI=1S/C15H17N3O4.ClH/c19-13(17-7-5-11(9-17)14(20)21)10-1-3-12(4-2-10)18-8-6-16-15(18)22;/h1-4,11H,5-9H2,(H,16,22)(H,20,21);1H. The van der Waals surface area contributed by atoms with E-state index in [0.29, 0.717) is 31.6 Å². The number of likely N-dealkylation sites (tertiary alicyclic amines) is 1. The van der Waals surface area contributed by atoms with Gasteiger partial charge in [-0.05, 0) is 30.7 Å². The van der Waals surface area contributed by atoms with Crippen molar-refractivity contribution in [2.24, 2.45) is 5.92 Å². The fraction of sp³-hybridized carbons (Fsp3) is 0.400. The predicted octanol–water partition coefficient (Wildman–Crippen LogP) is 1.18. The van der Waals surface area contributed by atoms with Crippen LogP contribution in [0.2, 0.25) is 0 Å². The Hall–Kier alpha value is -2.28. The molecule has 0 spiro atoms. The molecule has 23 heavy (non-hydrogen) atoms. The normalized spacial score (nSPS) is 20.2. The number of carboxylic acids is 1. The Morgan fingerprint density at radius 1 is 1.17 bits per heavy atom. The molecule has 1 unspecified atom stereocenters. The van der Waals surface area contributed by atoms with Crippen LogP contribution in [0.15, 0.2) is 24.3 Å². The molecule has 3 amide bonds. The van der Waals surface area contributed by atoms with Crippen LogP contribution in [0.3, 0.4) is 0 Å². The molecule has 8 heteroatoms. The molecule has 2 N–H and O–H groups in total. The van der Waals surface area contributed by atoms with Crippen LogP contribution >= 0.6 is 12.4 Å². The fourth-order valence-corrected chi connectivity index (χ4v) is 2.83. The molecule has 1 atom stereocenters. The first kappa shape index (κ1) is 17.1. The summed E-state index contributed by atoms with van der Waals surface area (Å²) < 4.78 is 0. The Bertz CT molecular complexity index is 620. The van der Waals surface area contributed by atoms with Gasteiger partial charge in [-0.1, -0.05) is 0 Å². The molecule has 3 rings (SSSR count). The maximum absolute atomic E-state index is 12.4. The monoisotopic (exact) mass is 339 g/mol. The molecule has 1 aromatic carbocycles. The average Bonchev–Trinajstić information content (AvgIpc) is 3.15. The van der Waals surface area contributed by atoms with Crippen molar-refractivity contribution in [3.05, 3.63) is 29.8 Å². The second-order valence-electron chi connectivity index (χ2n) is 5.51. The summed E-state index contributed by atoms with van der Waals surface area (Å²) in [4.78, 5) is 38.1. The van der Waals surface area contributed by atoms with Gasteiger partial charge in [0.2, 0.25) is 0 Å². The largest absolute Gasteiger partial charge is 0.481 e. The lowest BCUT2D eigenvalue weighted by molar-refractivity contribution is -0.141. The van der Waals surface area contributed by atoms with Crippen molar-refractivity contribution in [3.63, 3.8) is 0 Å². The maximum Gasteiger partial charge on any atom is 0.321 e. The van der Waals surface area contributed by atoms with Crippen molar-refractivity contribution in [2.75, 3.05) is 31.1 Å². The van der Waals surface area contributed by atoms with E-state index in [0.717, 1.165) is 5.69 Å². The molecular formula is C15H18ClN3O4. The Morgan fingerprint density at radius 3 is 2.39 bits per heavy atom. The lowest BCUT2D eigenvalue weighted by atomic mass is 10.1. The molecule has 2 heterocycles. The molecule has 2 aliphatic heterocycles. The molecule has 1 aromatic rings. The molecule has 0 aliphatic carbocycles. The Morgan fingerprint density at radius 2 is 1.87 bits per heavy atom. The van der Waals surface area contributed by atoms with Gasteiger partial charge in [-0.25, -0.2) is 4.79 Å². The number of hydrogen-bond acceptors (Lipinski definition) is 3. The quantitative estimate of drug-likeness (QED) is 0.865. The minimum Gasteiger partial charge on any atom is -0.481 e. The first-order valence-corrected chi connectivity index (χ1v) is 7.24. The first-order valence-electron chi connectivity index (χ1n) is 7.24. The van der Waals surface area contributed by atoms with Gasteiger partial charge in [-0.15, -0.1) is 12.4 Å². The highest BCUT2D eigenvalue weighted by Gasteiger charge is 2.31. The number of nitrogens with zero attached hydrogens (tertiary/aromatic N) is 2. The van der Waals surface area contributed by atoms with Crippen LogP contribution in [-0.4, -0.2) is 54.1 Å². The van der Waals surface area contributed by atoms with E-state index in [1.807, 2.05) is 0 Å².